The normalized spacial score (nSPS) is 19.1. The monoisotopic (exact) mass is 386 g/mol. The lowest BCUT2D eigenvalue weighted by Crippen LogP contribution is -2.31. The number of nitrogens with zero attached hydrogens (tertiary/aromatic N) is 4. The van der Waals surface area contributed by atoms with Crippen LogP contribution in [0.2, 0.25) is 0 Å². The zero-order valence-corrected chi connectivity index (χ0v) is 17.6. The van der Waals surface area contributed by atoms with Crippen molar-refractivity contribution in [1.82, 2.24) is 19.4 Å². The average Bonchev–Trinajstić information content (AvgIpc) is 3.19. The maximum absolute atomic E-state index is 12.8. The highest BCUT2D eigenvalue weighted by atomic mass is 32.2. The zero-order chi connectivity index (χ0) is 19.3. The van der Waals surface area contributed by atoms with Crippen LogP contribution in [-0.2, 0) is 27.7 Å². The van der Waals surface area contributed by atoms with Gasteiger partial charge in [0.15, 0.2) is 0 Å². The molecule has 2 rings (SSSR count). The first kappa shape index (κ1) is 21.3. The maximum atomic E-state index is 12.8. The summed E-state index contributed by atoms with van der Waals surface area (Å²) in [5.41, 5.74) is 0.949. The smallest absolute Gasteiger partial charge is 0.227 e. The van der Waals surface area contributed by atoms with Crippen LogP contribution in [0.15, 0.2) is 11.4 Å². The third-order valence-corrected chi connectivity index (χ3v) is 6.68. The highest BCUT2D eigenvalue weighted by molar-refractivity contribution is 7.91. The van der Waals surface area contributed by atoms with Crippen molar-refractivity contribution in [2.75, 3.05) is 46.7 Å². The van der Waals surface area contributed by atoms with Gasteiger partial charge in [0.1, 0.15) is 0 Å². The molecule has 0 bridgehead atoms. The van der Waals surface area contributed by atoms with E-state index < -0.39 is 9.84 Å². The number of imidazole rings is 1. The lowest BCUT2D eigenvalue weighted by atomic mass is 10.2. The van der Waals surface area contributed by atoms with E-state index in [1.165, 1.54) is 0 Å². The fourth-order valence-electron chi connectivity index (χ4n) is 3.28. The number of hydrogen-bond acceptors (Lipinski definition) is 6. The lowest BCUT2D eigenvalue weighted by molar-refractivity contribution is 0.181. The number of hydrogen-bond donors (Lipinski definition) is 0. The van der Waals surface area contributed by atoms with Crippen LogP contribution in [0.3, 0.4) is 0 Å². The van der Waals surface area contributed by atoms with Crippen molar-refractivity contribution in [1.29, 1.82) is 0 Å². The van der Waals surface area contributed by atoms with Gasteiger partial charge in [0.25, 0.3) is 0 Å². The van der Waals surface area contributed by atoms with Crippen molar-refractivity contribution >= 4 is 9.84 Å². The van der Waals surface area contributed by atoms with Crippen molar-refractivity contribution in [3.8, 4) is 0 Å². The molecule has 1 aliphatic heterocycles. The molecule has 0 spiro atoms. The van der Waals surface area contributed by atoms with Crippen molar-refractivity contribution in [2.24, 2.45) is 5.92 Å². The topological polar surface area (TPSA) is 67.7 Å². The number of rotatable bonds is 10. The van der Waals surface area contributed by atoms with Crippen LogP contribution >= 0.6 is 0 Å². The van der Waals surface area contributed by atoms with Gasteiger partial charge >= 0.3 is 0 Å². The first-order valence-corrected chi connectivity index (χ1v) is 11.0. The standard InChI is InChI=1S/C18H34N4O3S/c1-15(2)7-11-26(23,24)18-19-12-17(22(18)9-10-25-5)14-21-8-6-16(13-21)20(3)4/h12,15-16H,6-11,13-14H2,1-5H3/t16-/m1/s1. The summed E-state index contributed by atoms with van der Waals surface area (Å²) >= 11 is 0. The molecule has 0 N–H and O–H groups in total. The Kier molecular flexibility index (Phi) is 7.63. The Labute approximate surface area is 158 Å². The summed E-state index contributed by atoms with van der Waals surface area (Å²) in [6.45, 7) is 7.79. The largest absolute Gasteiger partial charge is 0.383 e. The molecule has 0 amide bonds. The minimum absolute atomic E-state index is 0.139. The summed E-state index contributed by atoms with van der Waals surface area (Å²) in [5, 5.41) is 0.188. The Morgan fingerprint density at radius 1 is 1.38 bits per heavy atom. The molecule has 1 saturated heterocycles. The minimum Gasteiger partial charge on any atom is -0.383 e. The van der Waals surface area contributed by atoms with E-state index in [1.807, 2.05) is 18.4 Å². The van der Waals surface area contributed by atoms with Crippen LogP contribution in [0.4, 0.5) is 0 Å². The highest BCUT2D eigenvalue weighted by Gasteiger charge is 2.27. The van der Waals surface area contributed by atoms with Crippen molar-refractivity contribution in [3.05, 3.63) is 11.9 Å². The van der Waals surface area contributed by atoms with E-state index in [4.69, 9.17) is 4.74 Å². The number of sulfone groups is 1. The molecule has 0 aliphatic carbocycles. The molecule has 2 heterocycles. The van der Waals surface area contributed by atoms with Crippen molar-refractivity contribution < 1.29 is 13.2 Å². The Morgan fingerprint density at radius 2 is 2.12 bits per heavy atom. The molecule has 150 valence electrons. The molecular weight excluding hydrogens is 352 g/mol. The molecule has 0 aromatic carbocycles. The van der Waals surface area contributed by atoms with Gasteiger partial charge in [0.2, 0.25) is 15.0 Å². The van der Waals surface area contributed by atoms with Crippen molar-refractivity contribution in [3.63, 3.8) is 0 Å². The summed E-state index contributed by atoms with van der Waals surface area (Å²) in [4.78, 5) is 8.92. The summed E-state index contributed by atoms with van der Waals surface area (Å²) in [5.74, 6) is 0.486. The molecule has 1 atom stereocenters. The predicted octanol–water partition coefficient (Wildman–Crippen LogP) is 1.49. The van der Waals surface area contributed by atoms with Crippen molar-refractivity contribution in [2.45, 2.75) is 51.0 Å². The number of likely N-dealkylation sites (tertiary alicyclic amines) is 1. The third kappa shape index (κ3) is 5.52. The predicted molar refractivity (Wildman–Crippen MR) is 103 cm³/mol. The molecule has 0 unspecified atom stereocenters. The van der Waals surface area contributed by atoms with Gasteiger partial charge in [-0.15, -0.1) is 0 Å². The molecule has 1 aromatic heterocycles. The van der Waals surface area contributed by atoms with Crippen LogP contribution < -0.4 is 0 Å². The van der Waals surface area contributed by atoms with Gasteiger partial charge in [0.05, 0.1) is 24.3 Å². The fourth-order valence-corrected chi connectivity index (χ4v) is 5.00. The third-order valence-electron chi connectivity index (χ3n) is 5.03. The fraction of sp³-hybridized carbons (Fsp3) is 0.833. The van der Waals surface area contributed by atoms with E-state index in [-0.39, 0.29) is 10.9 Å². The number of likely N-dealkylation sites (N-methyl/N-ethyl adjacent to an activating group) is 1. The van der Waals surface area contributed by atoms with Crippen LogP contribution in [0.1, 0.15) is 32.4 Å². The summed E-state index contributed by atoms with van der Waals surface area (Å²) < 4.78 is 32.6. The molecule has 7 nitrogen and oxygen atoms in total. The zero-order valence-electron chi connectivity index (χ0n) is 16.8. The SMILES string of the molecule is COCCn1c(CN2CC[C@@H](N(C)C)C2)cnc1S(=O)(=O)CCC(C)C. The van der Waals surface area contributed by atoms with E-state index in [9.17, 15) is 8.42 Å². The molecule has 8 heteroatoms. The molecule has 0 radical (unpaired) electrons. The summed E-state index contributed by atoms with van der Waals surface area (Å²) in [6.07, 6.45) is 3.51. The van der Waals surface area contributed by atoms with Gasteiger partial charge in [0, 0.05) is 39.3 Å². The second-order valence-electron chi connectivity index (χ2n) is 7.82. The Morgan fingerprint density at radius 3 is 2.69 bits per heavy atom. The first-order chi connectivity index (χ1) is 12.2. The van der Waals surface area contributed by atoms with E-state index >= 15 is 0 Å². The molecule has 1 aliphatic rings. The van der Waals surface area contributed by atoms with Crippen LogP contribution in [-0.4, -0.2) is 80.5 Å². The van der Waals surface area contributed by atoms with Gasteiger partial charge in [-0.3, -0.25) is 4.90 Å². The Bertz CT molecular complexity index is 670. The second kappa shape index (κ2) is 9.30. The lowest BCUT2D eigenvalue weighted by Gasteiger charge is -2.21. The van der Waals surface area contributed by atoms with E-state index in [0.717, 1.165) is 31.7 Å². The van der Waals surface area contributed by atoms with Gasteiger partial charge < -0.3 is 14.2 Å². The maximum Gasteiger partial charge on any atom is 0.227 e. The highest BCUT2D eigenvalue weighted by Crippen LogP contribution is 2.20. The molecule has 0 saturated carbocycles. The van der Waals surface area contributed by atoms with Crippen LogP contribution in [0.5, 0.6) is 0 Å². The van der Waals surface area contributed by atoms with E-state index in [1.54, 1.807) is 13.3 Å². The van der Waals surface area contributed by atoms with Crippen LogP contribution in [0, 0.1) is 5.92 Å². The molecular formula is C18H34N4O3S. The second-order valence-corrected chi connectivity index (χ2v) is 9.82. The quantitative estimate of drug-likeness (QED) is 0.607. The summed E-state index contributed by atoms with van der Waals surface area (Å²) in [7, 11) is 2.46. The molecule has 1 fully saturated rings. The number of ether oxygens (including phenoxy) is 1. The summed E-state index contributed by atoms with van der Waals surface area (Å²) in [6, 6.07) is 0.555. The van der Waals surface area contributed by atoms with Crippen LogP contribution in [0.25, 0.3) is 0 Å². The van der Waals surface area contributed by atoms with Gasteiger partial charge in [-0.05, 0) is 32.9 Å². The molecule has 1 aromatic rings. The van der Waals surface area contributed by atoms with Gasteiger partial charge in [-0.25, -0.2) is 13.4 Å². The van der Waals surface area contributed by atoms with Gasteiger partial charge in [-0.1, -0.05) is 13.8 Å². The Balaban J connectivity index is 2.18. The average molecular weight is 387 g/mol. The number of aromatic nitrogens is 2. The molecule has 26 heavy (non-hydrogen) atoms. The van der Waals surface area contributed by atoms with Gasteiger partial charge in [-0.2, -0.15) is 0 Å². The first-order valence-electron chi connectivity index (χ1n) is 9.39. The minimum atomic E-state index is -3.38. The van der Waals surface area contributed by atoms with E-state index in [2.05, 4.69) is 28.9 Å². The number of methoxy groups -OCH3 is 1. The van der Waals surface area contributed by atoms with E-state index in [0.29, 0.717) is 31.5 Å². The Hall–Kier alpha value is -0.960.